The highest BCUT2D eigenvalue weighted by atomic mass is 16.4. The number of hydrogen-bond donors (Lipinski definition) is 3. The van der Waals surface area contributed by atoms with Gasteiger partial charge in [-0.05, 0) is 68.4 Å². The van der Waals surface area contributed by atoms with Gasteiger partial charge in [0.2, 0.25) is 5.95 Å². The Bertz CT molecular complexity index is 1200. The second-order valence-corrected chi connectivity index (χ2v) is 9.83. The lowest BCUT2D eigenvalue weighted by atomic mass is 10.1. The van der Waals surface area contributed by atoms with Crippen molar-refractivity contribution in [2.24, 2.45) is 0 Å². The maximum Gasteiger partial charge on any atom is 0.317 e. The predicted molar refractivity (Wildman–Crippen MR) is 151 cm³/mol. The molecule has 0 bridgehead atoms. The summed E-state index contributed by atoms with van der Waals surface area (Å²) < 4.78 is 0. The van der Waals surface area contributed by atoms with Crippen molar-refractivity contribution in [1.29, 1.82) is 0 Å². The van der Waals surface area contributed by atoms with Gasteiger partial charge in [-0.2, -0.15) is 0 Å². The van der Waals surface area contributed by atoms with Gasteiger partial charge in [0, 0.05) is 70.0 Å². The summed E-state index contributed by atoms with van der Waals surface area (Å²) in [5.41, 5.74) is 5.05. The number of pyridine rings is 1. The number of anilines is 3. The average molecular weight is 519 g/mol. The van der Waals surface area contributed by atoms with Crippen LogP contribution in [0.2, 0.25) is 0 Å². The van der Waals surface area contributed by atoms with Gasteiger partial charge in [-0.15, -0.1) is 0 Å². The van der Waals surface area contributed by atoms with Gasteiger partial charge in [0.1, 0.15) is 5.82 Å². The monoisotopic (exact) mass is 518 g/mol. The minimum absolute atomic E-state index is 0.111. The predicted octanol–water partition coefficient (Wildman–Crippen LogP) is 2.84. The third kappa shape index (κ3) is 7.95. The molecule has 3 N–H and O–H groups in total. The summed E-state index contributed by atoms with van der Waals surface area (Å²) in [5.74, 6) is 0.707. The number of piperazine rings is 1. The molecule has 10 heteroatoms. The SMILES string of the molecule is CNCCCN(C)c1ccc(-c2ccnc(Nc3cc(C)cc(CN4CCN(CC(=O)O)CC4)c3)n2)cn1. The number of nitrogens with one attached hydrogen (secondary N) is 2. The molecule has 0 atom stereocenters. The summed E-state index contributed by atoms with van der Waals surface area (Å²) in [5, 5.41) is 15.6. The quantitative estimate of drug-likeness (QED) is 0.310. The Kier molecular flexibility index (Phi) is 9.58. The molecule has 1 saturated heterocycles. The summed E-state index contributed by atoms with van der Waals surface area (Å²) in [4.78, 5) is 31.3. The zero-order valence-electron chi connectivity index (χ0n) is 22.5. The smallest absolute Gasteiger partial charge is 0.317 e. The third-order valence-corrected chi connectivity index (χ3v) is 6.63. The Morgan fingerprint density at radius 1 is 1.08 bits per heavy atom. The molecule has 1 aliphatic rings. The summed E-state index contributed by atoms with van der Waals surface area (Å²) in [6, 6.07) is 12.4. The van der Waals surface area contributed by atoms with Crippen LogP contribution < -0.4 is 15.5 Å². The number of aliphatic carboxylic acids is 1. The lowest BCUT2D eigenvalue weighted by molar-refractivity contribution is -0.138. The van der Waals surface area contributed by atoms with Gasteiger partial charge in [-0.3, -0.25) is 14.6 Å². The van der Waals surface area contributed by atoms with Crippen molar-refractivity contribution in [3.63, 3.8) is 0 Å². The maximum atomic E-state index is 11.0. The van der Waals surface area contributed by atoms with Gasteiger partial charge >= 0.3 is 5.97 Å². The molecule has 202 valence electrons. The van der Waals surface area contributed by atoms with E-state index in [0.717, 1.165) is 80.6 Å². The summed E-state index contributed by atoms with van der Waals surface area (Å²) in [6.07, 6.45) is 4.67. The first kappa shape index (κ1) is 27.4. The van der Waals surface area contributed by atoms with Crippen LogP contribution >= 0.6 is 0 Å². The zero-order chi connectivity index (χ0) is 26.9. The van der Waals surface area contributed by atoms with Crippen molar-refractivity contribution in [3.8, 4) is 11.3 Å². The average Bonchev–Trinajstić information content (AvgIpc) is 2.89. The van der Waals surface area contributed by atoms with Gasteiger partial charge in [-0.25, -0.2) is 15.0 Å². The minimum Gasteiger partial charge on any atom is -0.480 e. The van der Waals surface area contributed by atoms with E-state index < -0.39 is 5.97 Å². The van der Waals surface area contributed by atoms with Crippen molar-refractivity contribution in [3.05, 3.63) is 59.9 Å². The largest absolute Gasteiger partial charge is 0.480 e. The molecule has 1 aromatic carbocycles. The van der Waals surface area contributed by atoms with Crippen molar-refractivity contribution in [2.75, 3.05) is 70.1 Å². The fourth-order valence-electron chi connectivity index (χ4n) is 4.66. The molecule has 0 unspecified atom stereocenters. The van der Waals surface area contributed by atoms with E-state index in [-0.39, 0.29) is 6.54 Å². The highest BCUT2D eigenvalue weighted by Crippen LogP contribution is 2.23. The Hall–Kier alpha value is -3.60. The van der Waals surface area contributed by atoms with Crippen LogP contribution in [0, 0.1) is 6.92 Å². The van der Waals surface area contributed by atoms with Crippen LogP contribution in [0.5, 0.6) is 0 Å². The number of carboxylic acids is 1. The summed E-state index contributed by atoms with van der Waals surface area (Å²) in [7, 11) is 4.02. The van der Waals surface area contributed by atoms with E-state index in [2.05, 4.69) is 62.6 Å². The minimum atomic E-state index is -0.768. The molecule has 2 aromatic heterocycles. The molecule has 38 heavy (non-hydrogen) atoms. The molecular weight excluding hydrogens is 480 g/mol. The fourth-order valence-corrected chi connectivity index (χ4v) is 4.66. The van der Waals surface area contributed by atoms with E-state index >= 15 is 0 Å². The van der Waals surface area contributed by atoms with Gasteiger partial charge in [-0.1, -0.05) is 6.07 Å². The number of hydrogen-bond acceptors (Lipinski definition) is 9. The molecule has 0 aliphatic carbocycles. The number of rotatable bonds is 12. The topological polar surface area (TPSA) is 110 Å². The normalized spacial score (nSPS) is 14.4. The Morgan fingerprint density at radius 2 is 1.87 bits per heavy atom. The van der Waals surface area contributed by atoms with Gasteiger partial charge in [0.15, 0.2) is 0 Å². The molecule has 4 rings (SSSR count). The second kappa shape index (κ2) is 13.3. The summed E-state index contributed by atoms with van der Waals surface area (Å²) in [6.45, 7) is 8.18. The number of carbonyl (C=O) groups is 1. The number of carboxylic acid groups (broad SMARTS) is 1. The molecule has 0 saturated carbocycles. The standard InChI is InChI=1S/C28H38N8O2/c1-21-15-22(19-35-11-13-36(14-12-35)20-27(37)38)17-24(16-21)32-28-30-9-7-25(33-28)23-5-6-26(31-18-23)34(3)10-4-8-29-2/h5-7,9,15-18,29H,4,8,10-14,19-20H2,1-3H3,(H,37,38)(H,30,32,33). The number of aryl methyl sites for hydroxylation is 1. The van der Waals surface area contributed by atoms with E-state index in [4.69, 9.17) is 10.1 Å². The molecule has 0 radical (unpaired) electrons. The van der Waals surface area contributed by atoms with E-state index in [1.54, 1.807) is 6.20 Å². The van der Waals surface area contributed by atoms with Crippen LogP contribution in [-0.4, -0.2) is 95.7 Å². The Balaban J connectivity index is 1.38. The van der Waals surface area contributed by atoms with Gasteiger partial charge < -0.3 is 20.6 Å². The van der Waals surface area contributed by atoms with Crippen molar-refractivity contribution in [2.45, 2.75) is 19.9 Å². The fraction of sp³-hybridized carbons (Fsp3) is 0.429. The van der Waals surface area contributed by atoms with Crippen molar-refractivity contribution in [1.82, 2.24) is 30.1 Å². The first-order chi connectivity index (χ1) is 18.4. The van der Waals surface area contributed by atoms with E-state index in [0.29, 0.717) is 5.95 Å². The second-order valence-electron chi connectivity index (χ2n) is 9.83. The third-order valence-electron chi connectivity index (χ3n) is 6.63. The van der Waals surface area contributed by atoms with Crippen LogP contribution in [0.3, 0.4) is 0 Å². The molecule has 1 aliphatic heterocycles. The molecule has 3 heterocycles. The Morgan fingerprint density at radius 3 is 2.58 bits per heavy atom. The first-order valence-corrected chi connectivity index (χ1v) is 13.1. The molecule has 10 nitrogen and oxygen atoms in total. The molecule has 1 fully saturated rings. The maximum absolute atomic E-state index is 11.0. The van der Waals surface area contributed by atoms with E-state index in [1.807, 2.05) is 36.3 Å². The molecule has 0 amide bonds. The Labute approximate surface area is 224 Å². The van der Waals surface area contributed by atoms with Crippen LogP contribution in [0.4, 0.5) is 17.5 Å². The first-order valence-electron chi connectivity index (χ1n) is 13.1. The summed E-state index contributed by atoms with van der Waals surface area (Å²) >= 11 is 0. The van der Waals surface area contributed by atoms with Crippen LogP contribution in [-0.2, 0) is 11.3 Å². The number of aromatic nitrogens is 3. The van der Waals surface area contributed by atoms with Gasteiger partial charge in [0.05, 0.1) is 12.2 Å². The number of benzene rings is 1. The van der Waals surface area contributed by atoms with Crippen molar-refractivity contribution >= 4 is 23.4 Å². The van der Waals surface area contributed by atoms with Crippen molar-refractivity contribution < 1.29 is 9.90 Å². The van der Waals surface area contributed by atoms with E-state index in [1.165, 1.54) is 5.56 Å². The molecule has 3 aromatic rings. The van der Waals surface area contributed by atoms with Gasteiger partial charge in [0.25, 0.3) is 0 Å². The molecular formula is C28H38N8O2. The van der Waals surface area contributed by atoms with E-state index in [9.17, 15) is 4.79 Å². The van der Waals surface area contributed by atoms with Crippen LogP contribution in [0.1, 0.15) is 17.5 Å². The lowest BCUT2D eigenvalue weighted by Gasteiger charge is -2.33. The number of nitrogens with zero attached hydrogens (tertiary/aromatic N) is 6. The molecule has 0 spiro atoms. The highest BCUT2D eigenvalue weighted by molar-refractivity contribution is 5.69. The highest BCUT2D eigenvalue weighted by Gasteiger charge is 2.19. The van der Waals surface area contributed by atoms with Crippen LogP contribution in [0.25, 0.3) is 11.3 Å². The van der Waals surface area contributed by atoms with Crippen LogP contribution in [0.15, 0.2) is 48.8 Å². The lowest BCUT2D eigenvalue weighted by Crippen LogP contribution is -2.47. The zero-order valence-corrected chi connectivity index (χ0v) is 22.5.